The van der Waals surface area contributed by atoms with Gasteiger partial charge in [-0.3, -0.25) is 4.79 Å². The van der Waals surface area contributed by atoms with Crippen LogP contribution in [0.3, 0.4) is 0 Å². The van der Waals surface area contributed by atoms with Gasteiger partial charge in [-0.15, -0.1) is 0 Å². The van der Waals surface area contributed by atoms with E-state index in [4.69, 9.17) is 9.47 Å². The molecule has 0 aromatic heterocycles. The summed E-state index contributed by atoms with van der Waals surface area (Å²) in [6.07, 6.45) is 5.00. The Morgan fingerprint density at radius 2 is 2.11 bits per heavy atom. The van der Waals surface area contributed by atoms with Crippen molar-refractivity contribution in [2.24, 2.45) is 5.92 Å². The number of carbonyl (C=O) groups is 1. The van der Waals surface area contributed by atoms with Crippen LogP contribution in [0.4, 0.5) is 0 Å². The van der Waals surface area contributed by atoms with E-state index in [2.05, 4.69) is 10.6 Å². The highest BCUT2D eigenvalue weighted by Gasteiger charge is 2.39. The molecule has 110 valence electrons. The van der Waals surface area contributed by atoms with E-state index in [1.165, 1.54) is 12.8 Å². The lowest BCUT2D eigenvalue weighted by molar-refractivity contribution is -0.146. The van der Waals surface area contributed by atoms with Crippen LogP contribution < -0.4 is 10.6 Å². The zero-order valence-electron chi connectivity index (χ0n) is 11.9. The van der Waals surface area contributed by atoms with Gasteiger partial charge in [0.05, 0.1) is 0 Å². The van der Waals surface area contributed by atoms with Crippen molar-refractivity contribution >= 4 is 5.91 Å². The Balaban J connectivity index is 1.58. The molecule has 1 saturated carbocycles. The molecule has 0 spiro atoms. The summed E-state index contributed by atoms with van der Waals surface area (Å²) < 4.78 is 11.0. The second-order valence-corrected chi connectivity index (χ2v) is 5.58. The maximum absolute atomic E-state index is 12.2. The molecule has 0 bridgehead atoms. The van der Waals surface area contributed by atoms with Gasteiger partial charge in [0.15, 0.2) is 0 Å². The number of methoxy groups -OCH3 is 1. The molecule has 0 atom stereocenters. The first-order valence-corrected chi connectivity index (χ1v) is 7.39. The van der Waals surface area contributed by atoms with Crippen molar-refractivity contribution in [1.29, 1.82) is 0 Å². The molecule has 2 N–H and O–H groups in total. The topological polar surface area (TPSA) is 59.6 Å². The molecule has 0 radical (unpaired) electrons. The highest BCUT2D eigenvalue weighted by molar-refractivity contribution is 5.85. The van der Waals surface area contributed by atoms with Crippen LogP contribution in [0.15, 0.2) is 0 Å². The third-order valence-electron chi connectivity index (χ3n) is 4.02. The lowest BCUT2D eigenvalue weighted by Crippen LogP contribution is -2.54. The van der Waals surface area contributed by atoms with Crippen LogP contribution in [0, 0.1) is 5.92 Å². The number of rotatable bonds is 8. The van der Waals surface area contributed by atoms with Crippen LogP contribution in [0.25, 0.3) is 0 Å². The van der Waals surface area contributed by atoms with Gasteiger partial charge in [0.25, 0.3) is 5.91 Å². The number of ether oxygens (including phenoxy) is 2. The monoisotopic (exact) mass is 270 g/mol. The maximum Gasteiger partial charge on any atom is 0.252 e. The average molecular weight is 270 g/mol. The van der Waals surface area contributed by atoms with E-state index < -0.39 is 5.60 Å². The Kier molecular flexibility index (Phi) is 5.60. The van der Waals surface area contributed by atoms with Gasteiger partial charge < -0.3 is 20.1 Å². The molecule has 2 aliphatic rings. The standard InChI is InChI=1S/C14H26N2O3/c1-18-14(5-8-15-9-6-14)13(17)16-7-2-10-19-11-12-3-4-12/h12,15H,2-11H2,1H3,(H,16,17). The molecule has 2 fully saturated rings. The van der Waals surface area contributed by atoms with Gasteiger partial charge in [-0.2, -0.15) is 0 Å². The Hall–Kier alpha value is -0.650. The van der Waals surface area contributed by atoms with E-state index in [1.54, 1.807) is 7.11 Å². The summed E-state index contributed by atoms with van der Waals surface area (Å²) in [4.78, 5) is 12.2. The third-order valence-corrected chi connectivity index (χ3v) is 4.02. The molecule has 0 aromatic rings. The second-order valence-electron chi connectivity index (χ2n) is 5.58. The SMILES string of the molecule is COC1(C(=O)NCCCOCC2CC2)CCNCC1. The fraction of sp³-hybridized carbons (Fsp3) is 0.929. The van der Waals surface area contributed by atoms with Crippen molar-refractivity contribution in [2.75, 3.05) is 40.0 Å². The van der Waals surface area contributed by atoms with Crippen molar-refractivity contribution in [3.8, 4) is 0 Å². The molecule has 1 aliphatic carbocycles. The molecular weight excluding hydrogens is 244 g/mol. The number of nitrogens with one attached hydrogen (secondary N) is 2. The molecule has 19 heavy (non-hydrogen) atoms. The number of hydrogen-bond donors (Lipinski definition) is 2. The van der Waals surface area contributed by atoms with Crippen molar-refractivity contribution in [2.45, 2.75) is 37.7 Å². The fourth-order valence-corrected chi connectivity index (χ4v) is 2.43. The normalized spacial score (nSPS) is 22.2. The summed E-state index contributed by atoms with van der Waals surface area (Å²) >= 11 is 0. The highest BCUT2D eigenvalue weighted by atomic mass is 16.5. The minimum Gasteiger partial charge on any atom is -0.381 e. The van der Waals surface area contributed by atoms with E-state index in [9.17, 15) is 4.79 Å². The molecule has 1 saturated heterocycles. The average Bonchev–Trinajstić information content (AvgIpc) is 3.27. The molecule has 1 heterocycles. The molecular formula is C14H26N2O3. The molecule has 0 aromatic carbocycles. The quantitative estimate of drug-likeness (QED) is 0.637. The van der Waals surface area contributed by atoms with Crippen molar-refractivity contribution < 1.29 is 14.3 Å². The van der Waals surface area contributed by atoms with Crippen LogP contribution in [-0.2, 0) is 14.3 Å². The first kappa shape index (κ1) is 14.8. The largest absolute Gasteiger partial charge is 0.381 e. The zero-order valence-corrected chi connectivity index (χ0v) is 11.9. The van der Waals surface area contributed by atoms with Crippen LogP contribution >= 0.6 is 0 Å². The van der Waals surface area contributed by atoms with Crippen molar-refractivity contribution in [3.05, 3.63) is 0 Å². The van der Waals surface area contributed by atoms with Crippen molar-refractivity contribution in [1.82, 2.24) is 10.6 Å². The molecule has 1 amide bonds. The smallest absolute Gasteiger partial charge is 0.252 e. The number of carbonyl (C=O) groups excluding carboxylic acids is 1. The van der Waals surface area contributed by atoms with Gasteiger partial charge in [0.2, 0.25) is 0 Å². The van der Waals surface area contributed by atoms with E-state index in [0.29, 0.717) is 6.54 Å². The number of hydrogen-bond acceptors (Lipinski definition) is 4. The third kappa shape index (κ3) is 4.44. The Morgan fingerprint density at radius 1 is 1.37 bits per heavy atom. The summed E-state index contributed by atoms with van der Waals surface area (Å²) in [5.41, 5.74) is -0.625. The lowest BCUT2D eigenvalue weighted by atomic mass is 9.91. The predicted molar refractivity (Wildman–Crippen MR) is 73.0 cm³/mol. The van der Waals surface area contributed by atoms with E-state index >= 15 is 0 Å². The van der Waals surface area contributed by atoms with Crippen LogP contribution in [0.1, 0.15) is 32.1 Å². The van der Waals surface area contributed by atoms with Gasteiger partial charge in [0.1, 0.15) is 5.60 Å². The molecule has 2 rings (SSSR count). The van der Waals surface area contributed by atoms with E-state index in [-0.39, 0.29) is 5.91 Å². The Labute approximate surface area is 115 Å². The van der Waals surface area contributed by atoms with E-state index in [0.717, 1.165) is 51.5 Å². The number of amides is 1. The highest BCUT2D eigenvalue weighted by Crippen LogP contribution is 2.28. The summed E-state index contributed by atoms with van der Waals surface area (Å²) in [7, 11) is 1.63. The molecule has 5 heteroatoms. The minimum atomic E-state index is -0.625. The second kappa shape index (κ2) is 7.22. The van der Waals surface area contributed by atoms with Gasteiger partial charge >= 0.3 is 0 Å². The maximum atomic E-state index is 12.2. The lowest BCUT2D eigenvalue weighted by Gasteiger charge is -2.34. The van der Waals surface area contributed by atoms with Gasteiger partial charge in [-0.25, -0.2) is 0 Å². The fourth-order valence-electron chi connectivity index (χ4n) is 2.43. The Morgan fingerprint density at radius 3 is 2.74 bits per heavy atom. The van der Waals surface area contributed by atoms with E-state index in [1.807, 2.05) is 0 Å². The molecule has 1 aliphatic heterocycles. The predicted octanol–water partition coefficient (Wildman–Crippen LogP) is 0.688. The van der Waals surface area contributed by atoms with Crippen LogP contribution in [-0.4, -0.2) is 51.5 Å². The first-order chi connectivity index (χ1) is 9.27. The summed E-state index contributed by atoms with van der Waals surface area (Å²) in [6.45, 7) is 3.97. The van der Waals surface area contributed by atoms with Gasteiger partial charge in [0, 0.05) is 26.9 Å². The van der Waals surface area contributed by atoms with Crippen molar-refractivity contribution in [3.63, 3.8) is 0 Å². The minimum absolute atomic E-state index is 0.0266. The van der Waals surface area contributed by atoms with Gasteiger partial charge in [-0.1, -0.05) is 0 Å². The summed E-state index contributed by atoms with van der Waals surface area (Å²) in [5.74, 6) is 0.833. The zero-order chi connectivity index (χ0) is 13.6. The number of piperidine rings is 1. The summed E-state index contributed by atoms with van der Waals surface area (Å²) in [5, 5.41) is 6.23. The van der Waals surface area contributed by atoms with Crippen LogP contribution in [0.2, 0.25) is 0 Å². The first-order valence-electron chi connectivity index (χ1n) is 7.39. The summed E-state index contributed by atoms with van der Waals surface area (Å²) in [6, 6.07) is 0. The van der Waals surface area contributed by atoms with Crippen LogP contribution in [0.5, 0.6) is 0 Å². The Bertz CT molecular complexity index is 286. The molecule has 5 nitrogen and oxygen atoms in total. The molecule has 0 unspecified atom stereocenters. The van der Waals surface area contributed by atoms with Gasteiger partial charge in [-0.05, 0) is 51.1 Å².